The molecule has 0 bridgehead atoms. The van der Waals surface area contributed by atoms with Crippen molar-refractivity contribution in [2.24, 2.45) is 5.92 Å². The van der Waals surface area contributed by atoms with Crippen LogP contribution in [-0.4, -0.2) is 36.3 Å². The number of hydrogen-bond donors (Lipinski definition) is 0. The van der Waals surface area contributed by atoms with E-state index in [1.165, 1.54) is 6.42 Å². The normalized spacial score (nSPS) is 17.7. The lowest BCUT2D eigenvalue weighted by Gasteiger charge is -2.33. The number of likely N-dealkylation sites (tertiary alicyclic amines) is 1. The Morgan fingerprint density at radius 3 is 2.33 bits per heavy atom. The van der Waals surface area contributed by atoms with Gasteiger partial charge in [-0.1, -0.05) is 39.0 Å². The molecule has 4 heteroatoms. The summed E-state index contributed by atoms with van der Waals surface area (Å²) in [7, 11) is 0. The van der Waals surface area contributed by atoms with Crippen molar-refractivity contribution in [3.8, 4) is 0 Å². The monoisotopic (exact) mass is 330 g/mol. The van der Waals surface area contributed by atoms with Crippen LogP contribution in [0.3, 0.4) is 0 Å². The standard InChI is InChI=1S/C20H30N2O2/c1-5-17-10-7-11-18(6-2)20(17)22(16(4)23)14-19(24)21-12-8-9-15(3)13-21/h7,10-11,15H,5-6,8-9,12-14H2,1-4H3. The quantitative estimate of drug-likeness (QED) is 0.830. The van der Waals surface area contributed by atoms with Crippen LogP contribution < -0.4 is 4.90 Å². The van der Waals surface area contributed by atoms with Gasteiger partial charge in [-0.2, -0.15) is 0 Å². The lowest BCUT2D eigenvalue weighted by atomic mass is 10.00. The molecule has 1 heterocycles. The Balaban J connectivity index is 2.27. The molecule has 0 aliphatic carbocycles. The van der Waals surface area contributed by atoms with Crippen molar-refractivity contribution in [2.45, 2.75) is 53.4 Å². The van der Waals surface area contributed by atoms with Gasteiger partial charge in [0.15, 0.2) is 0 Å². The van der Waals surface area contributed by atoms with Gasteiger partial charge in [-0.05, 0) is 42.7 Å². The van der Waals surface area contributed by atoms with Gasteiger partial charge in [0.25, 0.3) is 0 Å². The summed E-state index contributed by atoms with van der Waals surface area (Å²) >= 11 is 0. The van der Waals surface area contributed by atoms with Crippen molar-refractivity contribution in [1.29, 1.82) is 0 Å². The maximum Gasteiger partial charge on any atom is 0.242 e. The lowest BCUT2D eigenvalue weighted by Crippen LogP contribution is -2.46. The largest absolute Gasteiger partial charge is 0.341 e. The molecule has 1 aliphatic rings. The Hall–Kier alpha value is -1.84. The molecule has 1 aromatic carbocycles. The maximum atomic E-state index is 12.8. The minimum atomic E-state index is -0.0657. The molecule has 4 nitrogen and oxygen atoms in total. The number of amides is 2. The Labute approximate surface area is 145 Å². The summed E-state index contributed by atoms with van der Waals surface area (Å²) in [6.07, 6.45) is 3.93. The number of anilines is 1. The maximum absolute atomic E-state index is 12.8. The van der Waals surface area contributed by atoms with Crippen LogP contribution in [0.5, 0.6) is 0 Å². The number of rotatable bonds is 5. The van der Waals surface area contributed by atoms with Gasteiger partial charge in [-0.3, -0.25) is 9.59 Å². The van der Waals surface area contributed by atoms with Crippen molar-refractivity contribution in [3.05, 3.63) is 29.3 Å². The van der Waals surface area contributed by atoms with Crippen LogP contribution in [0.25, 0.3) is 0 Å². The first-order valence-corrected chi connectivity index (χ1v) is 9.14. The third-order valence-electron chi connectivity index (χ3n) is 4.92. The van der Waals surface area contributed by atoms with Crippen LogP contribution >= 0.6 is 0 Å². The highest BCUT2D eigenvalue weighted by molar-refractivity contribution is 5.98. The van der Waals surface area contributed by atoms with E-state index < -0.39 is 0 Å². The molecule has 24 heavy (non-hydrogen) atoms. The van der Waals surface area contributed by atoms with Crippen molar-refractivity contribution < 1.29 is 9.59 Å². The summed E-state index contributed by atoms with van der Waals surface area (Å²) in [5.41, 5.74) is 3.20. The zero-order valence-corrected chi connectivity index (χ0v) is 15.5. The minimum absolute atomic E-state index is 0.0599. The average molecular weight is 330 g/mol. The van der Waals surface area contributed by atoms with Crippen LogP contribution in [0.15, 0.2) is 18.2 Å². The van der Waals surface area contributed by atoms with Crippen molar-refractivity contribution in [1.82, 2.24) is 4.90 Å². The van der Waals surface area contributed by atoms with Gasteiger partial charge in [0.1, 0.15) is 6.54 Å². The van der Waals surface area contributed by atoms with Gasteiger partial charge in [0.2, 0.25) is 11.8 Å². The molecule has 1 aromatic rings. The highest BCUT2D eigenvalue weighted by Crippen LogP contribution is 2.27. The van der Waals surface area contributed by atoms with E-state index in [4.69, 9.17) is 0 Å². The summed E-state index contributed by atoms with van der Waals surface area (Å²) in [5.74, 6) is 0.538. The van der Waals surface area contributed by atoms with Crippen LogP contribution in [0.2, 0.25) is 0 Å². The van der Waals surface area contributed by atoms with Crippen LogP contribution in [0.4, 0.5) is 5.69 Å². The number of para-hydroxylation sites is 1. The highest BCUT2D eigenvalue weighted by Gasteiger charge is 2.26. The molecule has 1 unspecified atom stereocenters. The molecule has 0 spiro atoms. The summed E-state index contributed by atoms with van der Waals surface area (Å²) < 4.78 is 0. The summed E-state index contributed by atoms with van der Waals surface area (Å²) in [6, 6.07) is 6.14. The molecule has 1 aliphatic heterocycles. The van der Waals surface area contributed by atoms with Crippen LogP contribution in [0, 0.1) is 5.92 Å². The van der Waals surface area contributed by atoms with E-state index in [1.54, 1.807) is 11.8 Å². The highest BCUT2D eigenvalue weighted by atomic mass is 16.2. The van der Waals surface area contributed by atoms with Gasteiger partial charge < -0.3 is 9.80 Å². The predicted octanol–water partition coefficient (Wildman–Crippen LogP) is 3.42. The number of aryl methyl sites for hydroxylation is 2. The summed E-state index contributed by atoms with van der Waals surface area (Å²) in [4.78, 5) is 28.7. The van der Waals surface area contributed by atoms with E-state index in [0.29, 0.717) is 5.92 Å². The molecular formula is C20H30N2O2. The smallest absolute Gasteiger partial charge is 0.242 e. The number of piperidine rings is 1. The van der Waals surface area contributed by atoms with Gasteiger partial charge >= 0.3 is 0 Å². The minimum Gasteiger partial charge on any atom is -0.341 e. The summed E-state index contributed by atoms with van der Waals surface area (Å²) in [6.45, 7) is 9.68. The second-order valence-corrected chi connectivity index (χ2v) is 6.82. The molecule has 1 fully saturated rings. The Bertz CT molecular complexity index is 575. The molecular weight excluding hydrogens is 300 g/mol. The van der Waals surface area contributed by atoms with E-state index in [1.807, 2.05) is 11.0 Å². The van der Waals surface area contributed by atoms with Crippen molar-refractivity contribution in [2.75, 3.05) is 24.5 Å². The lowest BCUT2D eigenvalue weighted by molar-refractivity contribution is -0.132. The fourth-order valence-electron chi connectivity index (χ4n) is 3.56. The predicted molar refractivity (Wildman–Crippen MR) is 98.2 cm³/mol. The van der Waals surface area contributed by atoms with E-state index in [-0.39, 0.29) is 18.4 Å². The zero-order chi connectivity index (χ0) is 17.7. The van der Waals surface area contributed by atoms with Gasteiger partial charge in [-0.25, -0.2) is 0 Å². The first kappa shape index (κ1) is 18.5. The van der Waals surface area contributed by atoms with Crippen molar-refractivity contribution in [3.63, 3.8) is 0 Å². The SMILES string of the molecule is CCc1cccc(CC)c1N(CC(=O)N1CCCC(C)C1)C(C)=O. The summed E-state index contributed by atoms with van der Waals surface area (Å²) in [5, 5.41) is 0. The molecule has 0 N–H and O–H groups in total. The van der Waals surface area contributed by atoms with E-state index in [2.05, 4.69) is 32.9 Å². The van der Waals surface area contributed by atoms with Gasteiger partial charge in [0, 0.05) is 20.0 Å². The second-order valence-electron chi connectivity index (χ2n) is 6.82. The number of carbonyl (C=O) groups is 2. The molecule has 0 radical (unpaired) electrons. The van der Waals surface area contributed by atoms with Crippen molar-refractivity contribution >= 4 is 17.5 Å². The Kier molecular flexibility index (Phi) is 6.41. The third kappa shape index (κ3) is 4.16. The van der Waals surface area contributed by atoms with Gasteiger partial charge in [0.05, 0.1) is 5.69 Å². The van der Waals surface area contributed by atoms with Crippen LogP contribution in [0.1, 0.15) is 51.7 Å². The molecule has 1 saturated heterocycles. The molecule has 0 saturated carbocycles. The van der Waals surface area contributed by atoms with E-state index in [9.17, 15) is 9.59 Å². The number of benzene rings is 1. The van der Waals surface area contributed by atoms with Crippen LogP contribution in [-0.2, 0) is 22.4 Å². The number of hydrogen-bond acceptors (Lipinski definition) is 2. The molecule has 2 rings (SSSR count). The molecule has 132 valence electrons. The number of nitrogens with zero attached hydrogens (tertiary/aromatic N) is 2. The third-order valence-corrected chi connectivity index (χ3v) is 4.92. The fraction of sp³-hybridized carbons (Fsp3) is 0.600. The fourth-order valence-corrected chi connectivity index (χ4v) is 3.56. The molecule has 1 atom stereocenters. The molecule has 2 amide bonds. The second kappa shape index (κ2) is 8.32. The Morgan fingerprint density at radius 2 is 1.83 bits per heavy atom. The first-order chi connectivity index (χ1) is 11.5. The topological polar surface area (TPSA) is 40.6 Å². The van der Waals surface area contributed by atoms with E-state index in [0.717, 1.165) is 49.2 Å². The first-order valence-electron chi connectivity index (χ1n) is 9.14. The Morgan fingerprint density at radius 1 is 1.21 bits per heavy atom. The zero-order valence-electron chi connectivity index (χ0n) is 15.5. The average Bonchev–Trinajstić information content (AvgIpc) is 2.58. The van der Waals surface area contributed by atoms with Gasteiger partial charge in [-0.15, -0.1) is 0 Å². The molecule has 0 aromatic heterocycles. The number of carbonyl (C=O) groups excluding carboxylic acids is 2. The van der Waals surface area contributed by atoms with E-state index >= 15 is 0 Å².